The number of fused-ring (bicyclic) bond motifs is 1. The predicted octanol–water partition coefficient (Wildman–Crippen LogP) is 5.13. The van der Waals surface area contributed by atoms with Crippen LogP contribution in [0.5, 0.6) is 0 Å². The summed E-state index contributed by atoms with van der Waals surface area (Å²) in [5, 5.41) is 0.876. The average molecular weight is 330 g/mol. The Hall–Kier alpha value is -2.36. The minimum Gasteiger partial charge on any atom is -0.194 e. The maximum atomic E-state index is 12.7. The molecule has 0 aliphatic rings. The van der Waals surface area contributed by atoms with E-state index >= 15 is 0 Å². The molecular formula is C20H19F3N+. The van der Waals surface area contributed by atoms with Crippen molar-refractivity contribution in [2.75, 3.05) is 0 Å². The van der Waals surface area contributed by atoms with Crippen molar-refractivity contribution in [3.05, 3.63) is 65.7 Å². The summed E-state index contributed by atoms with van der Waals surface area (Å²) in [4.78, 5) is 0. The smallest absolute Gasteiger partial charge is 0.194 e. The van der Waals surface area contributed by atoms with E-state index < -0.39 is 12.6 Å². The van der Waals surface area contributed by atoms with Crippen molar-refractivity contribution in [1.82, 2.24) is 0 Å². The molecule has 0 saturated heterocycles. The first kappa shape index (κ1) is 16.5. The average Bonchev–Trinajstić information content (AvgIpc) is 2.54. The second kappa shape index (κ2) is 6.27. The molecule has 0 N–H and O–H groups in total. The fourth-order valence-corrected chi connectivity index (χ4v) is 3.11. The molecule has 124 valence electrons. The molecule has 1 heterocycles. The number of hydrogen-bond acceptors (Lipinski definition) is 0. The second-order valence-electron chi connectivity index (χ2n) is 6.06. The highest BCUT2D eigenvalue weighted by Gasteiger charge is 2.28. The molecule has 3 rings (SSSR count). The van der Waals surface area contributed by atoms with Gasteiger partial charge in [-0.3, -0.25) is 0 Å². The van der Waals surface area contributed by atoms with Gasteiger partial charge in [-0.05, 0) is 36.6 Å². The van der Waals surface area contributed by atoms with Gasteiger partial charge in [0.1, 0.15) is 7.05 Å². The van der Waals surface area contributed by atoms with Crippen LogP contribution in [0, 0.1) is 6.92 Å². The van der Waals surface area contributed by atoms with E-state index in [1.54, 1.807) is 0 Å². The van der Waals surface area contributed by atoms with Gasteiger partial charge < -0.3 is 0 Å². The monoisotopic (exact) mass is 330 g/mol. The third-order valence-electron chi connectivity index (χ3n) is 4.38. The van der Waals surface area contributed by atoms with E-state index in [1.807, 2.05) is 68.6 Å². The number of benzene rings is 2. The van der Waals surface area contributed by atoms with Crippen LogP contribution in [0.25, 0.3) is 22.2 Å². The molecule has 0 atom stereocenters. The van der Waals surface area contributed by atoms with Crippen LogP contribution in [-0.4, -0.2) is 6.18 Å². The van der Waals surface area contributed by atoms with Crippen molar-refractivity contribution < 1.29 is 17.7 Å². The molecule has 2 aromatic carbocycles. The molecule has 0 fully saturated rings. The van der Waals surface area contributed by atoms with Crippen molar-refractivity contribution >= 4 is 10.9 Å². The Bertz CT molecular complexity index is 882. The van der Waals surface area contributed by atoms with E-state index in [0.29, 0.717) is 0 Å². The fourth-order valence-electron chi connectivity index (χ4n) is 3.11. The minimum atomic E-state index is -4.15. The van der Waals surface area contributed by atoms with Gasteiger partial charge in [0.2, 0.25) is 11.2 Å². The van der Waals surface area contributed by atoms with Gasteiger partial charge in [-0.25, -0.2) is 0 Å². The quantitative estimate of drug-likeness (QED) is 0.586. The van der Waals surface area contributed by atoms with Crippen LogP contribution in [0.3, 0.4) is 0 Å². The Labute approximate surface area is 139 Å². The minimum absolute atomic E-state index is 0.0102. The number of pyridine rings is 1. The molecule has 0 aliphatic carbocycles. The van der Waals surface area contributed by atoms with E-state index in [1.165, 1.54) is 0 Å². The molecule has 3 aromatic rings. The van der Waals surface area contributed by atoms with Crippen LogP contribution in [0.15, 0.2) is 54.6 Å². The van der Waals surface area contributed by atoms with Gasteiger partial charge >= 0.3 is 6.18 Å². The van der Waals surface area contributed by atoms with Gasteiger partial charge in [0, 0.05) is 29.5 Å². The lowest BCUT2D eigenvalue weighted by molar-refractivity contribution is -0.633. The summed E-state index contributed by atoms with van der Waals surface area (Å²) < 4.78 is 40.2. The van der Waals surface area contributed by atoms with Crippen LogP contribution in [0.4, 0.5) is 13.2 Å². The molecule has 0 radical (unpaired) electrons. The Morgan fingerprint density at radius 2 is 1.62 bits per heavy atom. The lowest BCUT2D eigenvalue weighted by atomic mass is 9.98. The number of alkyl halides is 3. The summed E-state index contributed by atoms with van der Waals surface area (Å²) in [7, 11) is 1.96. The van der Waals surface area contributed by atoms with E-state index in [4.69, 9.17) is 0 Å². The number of para-hydroxylation sites is 1. The third kappa shape index (κ3) is 3.28. The van der Waals surface area contributed by atoms with Crippen LogP contribution in [0.2, 0.25) is 0 Å². The van der Waals surface area contributed by atoms with Gasteiger partial charge in [0.15, 0.2) is 0 Å². The van der Waals surface area contributed by atoms with Gasteiger partial charge in [0.05, 0.1) is 0 Å². The van der Waals surface area contributed by atoms with Crippen molar-refractivity contribution in [2.45, 2.75) is 25.9 Å². The molecule has 0 unspecified atom stereocenters. The molecule has 0 spiro atoms. The Morgan fingerprint density at radius 3 is 2.33 bits per heavy atom. The SMILES string of the molecule is Cc1ccccc1-c1cc(CCC(F)(F)F)c2ccccc2[n+]1C. The molecule has 1 aromatic heterocycles. The zero-order chi connectivity index (χ0) is 17.3. The topological polar surface area (TPSA) is 3.88 Å². The first-order chi connectivity index (χ1) is 11.4. The molecule has 4 heteroatoms. The van der Waals surface area contributed by atoms with Gasteiger partial charge in [-0.15, -0.1) is 0 Å². The molecule has 0 bridgehead atoms. The summed E-state index contributed by atoms with van der Waals surface area (Å²) in [6, 6.07) is 17.5. The summed E-state index contributed by atoms with van der Waals surface area (Å²) in [5.74, 6) is 0. The molecule has 0 amide bonds. The first-order valence-electron chi connectivity index (χ1n) is 7.90. The molecule has 24 heavy (non-hydrogen) atoms. The predicted molar refractivity (Wildman–Crippen MR) is 89.7 cm³/mol. The van der Waals surface area contributed by atoms with Crippen LogP contribution in [0.1, 0.15) is 17.5 Å². The highest BCUT2D eigenvalue weighted by Crippen LogP contribution is 2.28. The highest BCUT2D eigenvalue weighted by molar-refractivity contribution is 5.82. The summed E-state index contributed by atoms with van der Waals surface area (Å²) in [5.41, 5.74) is 4.75. The molecule has 1 nitrogen and oxygen atoms in total. The lowest BCUT2D eigenvalue weighted by Crippen LogP contribution is -2.32. The zero-order valence-electron chi connectivity index (χ0n) is 13.7. The summed E-state index contributed by atoms with van der Waals surface area (Å²) in [6.45, 7) is 2.01. The van der Waals surface area contributed by atoms with Crippen molar-refractivity contribution in [2.24, 2.45) is 7.05 Å². The van der Waals surface area contributed by atoms with Gasteiger partial charge in [-0.2, -0.15) is 17.7 Å². The Balaban J connectivity index is 2.20. The third-order valence-corrected chi connectivity index (χ3v) is 4.38. The number of rotatable bonds is 3. The number of nitrogens with zero attached hydrogens (tertiary/aromatic N) is 1. The lowest BCUT2D eigenvalue weighted by Gasteiger charge is -2.12. The number of halogens is 3. The first-order valence-corrected chi connectivity index (χ1v) is 7.90. The standard InChI is InChI=1S/C20H19F3N/c1-14-7-3-4-8-16(14)19-13-15(11-12-20(21,22)23)17-9-5-6-10-18(17)24(19)2/h3-10,13H,11-12H2,1-2H3/q+1. The summed E-state index contributed by atoms with van der Waals surface area (Å²) in [6.07, 6.45) is -4.97. The largest absolute Gasteiger partial charge is 0.389 e. The van der Waals surface area contributed by atoms with Gasteiger partial charge in [0.25, 0.3) is 0 Å². The second-order valence-corrected chi connectivity index (χ2v) is 6.06. The maximum absolute atomic E-state index is 12.7. The van der Waals surface area contributed by atoms with Crippen molar-refractivity contribution in [3.63, 3.8) is 0 Å². The van der Waals surface area contributed by atoms with E-state index in [0.717, 1.165) is 33.3 Å². The summed E-state index contributed by atoms with van der Waals surface area (Å²) >= 11 is 0. The highest BCUT2D eigenvalue weighted by atomic mass is 19.4. The van der Waals surface area contributed by atoms with Crippen LogP contribution in [-0.2, 0) is 13.5 Å². The fraction of sp³-hybridized carbons (Fsp3) is 0.250. The Morgan fingerprint density at radius 1 is 0.958 bits per heavy atom. The Kier molecular flexibility index (Phi) is 4.31. The van der Waals surface area contributed by atoms with E-state index in [-0.39, 0.29) is 6.42 Å². The zero-order valence-corrected chi connectivity index (χ0v) is 13.7. The van der Waals surface area contributed by atoms with E-state index in [9.17, 15) is 13.2 Å². The van der Waals surface area contributed by atoms with Crippen molar-refractivity contribution in [3.8, 4) is 11.3 Å². The van der Waals surface area contributed by atoms with Crippen LogP contribution < -0.4 is 4.57 Å². The number of aromatic nitrogens is 1. The maximum Gasteiger partial charge on any atom is 0.389 e. The molecule has 0 aliphatic heterocycles. The van der Waals surface area contributed by atoms with E-state index in [2.05, 4.69) is 4.57 Å². The molecular weight excluding hydrogens is 311 g/mol. The normalized spacial score (nSPS) is 11.9. The van der Waals surface area contributed by atoms with Crippen molar-refractivity contribution in [1.29, 1.82) is 0 Å². The van der Waals surface area contributed by atoms with Crippen LogP contribution >= 0.6 is 0 Å². The van der Waals surface area contributed by atoms with Gasteiger partial charge in [-0.1, -0.05) is 30.3 Å². The molecule has 0 saturated carbocycles. The number of aryl methyl sites for hydroxylation is 3. The number of hydrogen-bond donors (Lipinski definition) is 0.